The average Bonchev–Trinajstić information content (AvgIpc) is 2.32. The van der Waals surface area contributed by atoms with Gasteiger partial charge in [0.1, 0.15) is 0 Å². The first kappa shape index (κ1) is 13.6. The van der Waals surface area contributed by atoms with Crippen LogP contribution >= 0.6 is 0 Å². The molecule has 2 rings (SSSR count). The molecule has 0 bridgehead atoms. The first-order valence-corrected chi connectivity index (χ1v) is 6.87. The SMILES string of the molecule is C[C@H]1CN(C(C)(C)C)CC[C@]1(O)c1ccccc1. The number of rotatable bonds is 1. The van der Waals surface area contributed by atoms with Gasteiger partial charge >= 0.3 is 0 Å². The molecule has 1 aromatic carbocycles. The molecule has 1 saturated heterocycles. The molecule has 0 unspecified atom stereocenters. The highest BCUT2D eigenvalue weighted by Gasteiger charge is 2.42. The summed E-state index contributed by atoms with van der Waals surface area (Å²) in [6.45, 7) is 10.8. The zero-order chi connectivity index (χ0) is 13.4. The van der Waals surface area contributed by atoms with Crippen LogP contribution in [0.2, 0.25) is 0 Å². The van der Waals surface area contributed by atoms with Crippen LogP contribution in [0.25, 0.3) is 0 Å². The predicted molar refractivity (Wildman–Crippen MR) is 75.4 cm³/mol. The van der Waals surface area contributed by atoms with Gasteiger partial charge in [-0.05, 0) is 32.8 Å². The lowest BCUT2D eigenvalue weighted by molar-refractivity contribution is -0.0884. The Kier molecular flexibility index (Phi) is 3.52. The lowest BCUT2D eigenvalue weighted by Crippen LogP contribution is -2.54. The number of hydrogen-bond donors (Lipinski definition) is 1. The third kappa shape index (κ3) is 2.45. The van der Waals surface area contributed by atoms with Gasteiger partial charge in [0.2, 0.25) is 0 Å². The molecule has 2 nitrogen and oxygen atoms in total. The van der Waals surface area contributed by atoms with E-state index >= 15 is 0 Å². The minimum absolute atomic E-state index is 0.187. The Bertz CT molecular complexity index is 395. The van der Waals surface area contributed by atoms with Crippen LogP contribution in [0.4, 0.5) is 0 Å². The van der Waals surface area contributed by atoms with Crippen LogP contribution in [0.15, 0.2) is 30.3 Å². The summed E-state index contributed by atoms with van der Waals surface area (Å²) in [5, 5.41) is 11.0. The monoisotopic (exact) mass is 247 g/mol. The maximum absolute atomic E-state index is 11.0. The second-order valence-corrected chi connectivity index (χ2v) is 6.56. The normalized spacial score (nSPS) is 30.4. The molecule has 1 aliphatic rings. The lowest BCUT2D eigenvalue weighted by Gasteiger charge is -2.48. The van der Waals surface area contributed by atoms with E-state index in [-0.39, 0.29) is 11.5 Å². The number of hydrogen-bond acceptors (Lipinski definition) is 2. The van der Waals surface area contributed by atoms with E-state index in [2.05, 4.69) is 32.6 Å². The van der Waals surface area contributed by atoms with Crippen LogP contribution in [0.3, 0.4) is 0 Å². The molecule has 100 valence electrons. The van der Waals surface area contributed by atoms with Gasteiger partial charge in [-0.3, -0.25) is 4.90 Å². The Morgan fingerprint density at radius 2 is 1.83 bits per heavy atom. The molecule has 0 aliphatic carbocycles. The molecule has 0 amide bonds. The largest absolute Gasteiger partial charge is 0.385 e. The van der Waals surface area contributed by atoms with E-state index in [0.717, 1.165) is 25.1 Å². The summed E-state index contributed by atoms with van der Waals surface area (Å²) in [5.74, 6) is 0.257. The zero-order valence-corrected chi connectivity index (χ0v) is 12.0. The maximum atomic E-state index is 11.0. The number of nitrogens with zero attached hydrogens (tertiary/aromatic N) is 1. The van der Waals surface area contributed by atoms with E-state index in [0.29, 0.717) is 0 Å². The van der Waals surface area contributed by atoms with Crippen molar-refractivity contribution in [1.82, 2.24) is 4.90 Å². The highest BCUT2D eigenvalue weighted by Crippen LogP contribution is 2.38. The second-order valence-electron chi connectivity index (χ2n) is 6.56. The molecule has 1 fully saturated rings. The number of likely N-dealkylation sites (tertiary alicyclic amines) is 1. The van der Waals surface area contributed by atoms with Crippen molar-refractivity contribution < 1.29 is 5.11 Å². The molecule has 0 radical (unpaired) electrons. The first-order chi connectivity index (χ1) is 8.34. The molecule has 1 heterocycles. The van der Waals surface area contributed by atoms with Crippen molar-refractivity contribution in [3.8, 4) is 0 Å². The Hall–Kier alpha value is -0.860. The van der Waals surface area contributed by atoms with Gasteiger partial charge in [0.25, 0.3) is 0 Å². The van der Waals surface area contributed by atoms with E-state index in [9.17, 15) is 5.11 Å². The number of benzene rings is 1. The van der Waals surface area contributed by atoms with Crippen molar-refractivity contribution in [2.45, 2.75) is 45.3 Å². The molecule has 0 saturated carbocycles. The quantitative estimate of drug-likeness (QED) is 0.824. The van der Waals surface area contributed by atoms with Crippen LogP contribution in [0.5, 0.6) is 0 Å². The number of piperidine rings is 1. The van der Waals surface area contributed by atoms with Crippen LogP contribution < -0.4 is 0 Å². The van der Waals surface area contributed by atoms with E-state index in [1.807, 2.05) is 30.3 Å². The highest BCUT2D eigenvalue weighted by atomic mass is 16.3. The van der Waals surface area contributed by atoms with Gasteiger partial charge in [-0.15, -0.1) is 0 Å². The molecule has 0 spiro atoms. The zero-order valence-electron chi connectivity index (χ0n) is 12.0. The van der Waals surface area contributed by atoms with Gasteiger partial charge < -0.3 is 5.11 Å². The standard InChI is InChI=1S/C16H25NO/c1-13-12-17(15(2,3)4)11-10-16(13,18)14-8-6-5-7-9-14/h5-9,13,18H,10-12H2,1-4H3/t13-,16+/m0/s1. The second kappa shape index (κ2) is 4.67. The fourth-order valence-corrected chi connectivity index (χ4v) is 2.89. The molecule has 0 aromatic heterocycles. The Labute approximate surface area is 111 Å². The van der Waals surface area contributed by atoms with Crippen LogP contribution in [0, 0.1) is 5.92 Å². The minimum Gasteiger partial charge on any atom is -0.385 e. The molecule has 2 atom stereocenters. The summed E-state index contributed by atoms with van der Waals surface area (Å²) in [6, 6.07) is 10.1. The molecule has 1 aliphatic heterocycles. The van der Waals surface area contributed by atoms with Crippen molar-refractivity contribution in [3.63, 3.8) is 0 Å². The molecule has 1 N–H and O–H groups in total. The maximum Gasteiger partial charge on any atom is 0.0946 e. The van der Waals surface area contributed by atoms with E-state index in [1.165, 1.54) is 0 Å². The van der Waals surface area contributed by atoms with Crippen LogP contribution in [-0.2, 0) is 5.60 Å². The van der Waals surface area contributed by atoms with E-state index in [4.69, 9.17) is 0 Å². The van der Waals surface area contributed by atoms with E-state index in [1.54, 1.807) is 0 Å². The summed E-state index contributed by atoms with van der Waals surface area (Å²) in [4.78, 5) is 2.47. The molecular formula is C16H25NO. The third-order valence-corrected chi connectivity index (χ3v) is 4.29. The Balaban J connectivity index is 2.19. The van der Waals surface area contributed by atoms with Gasteiger partial charge in [-0.25, -0.2) is 0 Å². The van der Waals surface area contributed by atoms with Gasteiger partial charge in [0, 0.05) is 24.5 Å². The lowest BCUT2D eigenvalue weighted by atomic mass is 9.76. The smallest absolute Gasteiger partial charge is 0.0946 e. The Morgan fingerprint density at radius 3 is 2.33 bits per heavy atom. The average molecular weight is 247 g/mol. The molecule has 1 aromatic rings. The fourth-order valence-electron chi connectivity index (χ4n) is 2.89. The number of aliphatic hydroxyl groups is 1. The van der Waals surface area contributed by atoms with Crippen LogP contribution in [0.1, 0.15) is 39.7 Å². The third-order valence-electron chi connectivity index (χ3n) is 4.29. The van der Waals surface area contributed by atoms with Crippen molar-refractivity contribution >= 4 is 0 Å². The summed E-state index contributed by atoms with van der Waals surface area (Å²) >= 11 is 0. The van der Waals surface area contributed by atoms with Crippen molar-refractivity contribution in [1.29, 1.82) is 0 Å². The van der Waals surface area contributed by atoms with Crippen LogP contribution in [-0.4, -0.2) is 28.6 Å². The predicted octanol–water partition coefficient (Wildman–Crippen LogP) is 3.01. The summed E-state index contributed by atoms with van der Waals surface area (Å²) in [5.41, 5.74) is 0.584. The van der Waals surface area contributed by atoms with E-state index < -0.39 is 5.60 Å². The van der Waals surface area contributed by atoms with Gasteiger partial charge in [0.05, 0.1) is 5.60 Å². The van der Waals surface area contributed by atoms with Crippen molar-refractivity contribution in [2.24, 2.45) is 5.92 Å². The fraction of sp³-hybridized carbons (Fsp3) is 0.625. The van der Waals surface area contributed by atoms with Gasteiger partial charge in [-0.1, -0.05) is 37.3 Å². The van der Waals surface area contributed by atoms with Crippen molar-refractivity contribution in [2.75, 3.05) is 13.1 Å². The molecule has 18 heavy (non-hydrogen) atoms. The molecule has 2 heteroatoms. The summed E-state index contributed by atoms with van der Waals surface area (Å²) < 4.78 is 0. The van der Waals surface area contributed by atoms with Crippen molar-refractivity contribution in [3.05, 3.63) is 35.9 Å². The molecular weight excluding hydrogens is 222 g/mol. The van der Waals surface area contributed by atoms with Gasteiger partial charge in [0.15, 0.2) is 0 Å². The Morgan fingerprint density at radius 1 is 1.22 bits per heavy atom. The minimum atomic E-state index is -0.664. The summed E-state index contributed by atoms with van der Waals surface area (Å²) in [7, 11) is 0. The first-order valence-electron chi connectivity index (χ1n) is 6.87. The topological polar surface area (TPSA) is 23.5 Å². The summed E-state index contributed by atoms with van der Waals surface area (Å²) in [6.07, 6.45) is 0.815. The van der Waals surface area contributed by atoms with Gasteiger partial charge in [-0.2, -0.15) is 0 Å². The highest BCUT2D eigenvalue weighted by molar-refractivity contribution is 5.24.